The van der Waals surface area contributed by atoms with Gasteiger partial charge in [0.1, 0.15) is 0 Å². The van der Waals surface area contributed by atoms with Gasteiger partial charge < -0.3 is 4.74 Å². The van der Waals surface area contributed by atoms with E-state index in [9.17, 15) is 14.4 Å². The molecule has 0 radical (unpaired) electrons. The van der Waals surface area contributed by atoms with Crippen LogP contribution in [0.5, 0.6) is 0 Å². The first kappa shape index (κ1) is 20.3. The lowest BCUT2D eigenvalue weighted by Gasteiger charge is -2.18. The molecule has 1 aliphatic heterocycles. The summed E-state index contributed by atoms with van der Waals surface area (Å²) in [6.07, 6.45) is 1.73. The molecule has 0 unspecified atom stereocenters. The third kappa shape index (κ3) is 3.55. The number of nitrogens with zero attached hydrogens (tertiary/aromatic N) is 1. The first-order valence-electron chi connectivity index (χ1n) is 9.87. The van der Waals surface area contributed by atoms with E-state index in [4.69, 9.17) is 4.74 Å². The van der Waals surface area contributed by atoms with E-state index in [0.717, 1.165) is 16.3 Å². The average molecular weight is 411 g/mol. The van der Waals surface area contributed by atoms with Crippen molar-refractivity contribution in [2.45, 2.75) is 13.8 Å². The second-order valence-corrected chi connectivity index (χ2v) is 7.33. The zero-order valence-corrected chi connectivity index (χ0v) is 17.5. The largest absolute Gasteiger partial charge is 0.465 e. The first-order chi connectivity index (χ1) is 14.9. The van der Waals surface area contributed by atoms with Crippen molar-refractivity contribution in [3.8, 4) is 0 Å². The van der Waals surface area contributed by atoms with Crippen molar-refractivity contribution >= 4 is 40.2 Å². The Morgan fingerprint density at radius 1 is 0.968 bits per heavy atom. The Morgan fingerprint density at radius 3 is 2.42 bits per heavy atom. The zero-order chi connectivity index (χ0) is 22.1. The van der Waals surface area contributed by atoms with Crippen LogP contribution in [0.1, 0.15) is 29.8 Å². The molecule has 1 aliphatic rings. The van der Waals surface area contributed by atoms with E-state index in [1.165, 1.54) is 18.9 Å². The van der Waals surface area contributed by atoms with Gasteiger partial charge in [0.05, 0.1) is 18.3 Å². The Labute approximate surface area is 180 Å². The molecule has 31 heavy (non-hydrogen) atoms. The monoisotopic (exact) mass is 411 g/mol. The van der Waals surface area contributed by atoms with Gasteiger partial charge in [0.25, 0.3) is 5.91 Å². The lowest BCUT2D eigenvalue weighted by Crippen LogP contribution is -2.24. The van der Waals surface area contributed by atoms with Gasteiger partial charge in [-0.1, -0.05) is 54.6 Å². The standard InChI is InChI=1S/C26H21NO4/c1-16-24(26(30)31-3)23(15-20-11-6-9-18-8-4-5-13-22(18)20)25(29)27(16)21-12-7-10-19(14-21)17(2)28/h4-15H,1-3H3/b23-15-. The number of hydrogen-bond donors (Lipinski definition) is 0. The van der Waals surface area contributed by atoms with Gasteiger partial charge in [0.2, 0.25) is 0 Å². The van der Waals surface area contributed by atoms with Gasteiger partial charge in [0, 0.05) is 16.9 Å². The van der Waals surface area contributed by atoms with Gasteiger partial charge in [-0.05, 0) is 48.4 Å². The number of Topliss-reactive ketones (excluding diaryl/α,β-unsaturated/α-hetero) is 1. The van der Waals surface area contributed by atoms with Gasteiger partial charge in [-0.3, -0.25) is 14.5 Å². The summed E-state index contributed by atoms with van der Waals surface area (Å²) in [6.45, 7) is 3.17. The Kier molecular flexibility index (Phi) is 5.26. The molecule has 0 aliphatic carbocycles. The number of esters is 1. The molecule has 154 valence electrons. The maximum atomic E-state index is 13.5. The number of amides is 1. The molecule has 1 heterocycles. The highest BCUT2D eigenvalue weighted by Gasteiger charge is 2.38. The lowest BCUT2D eigenvalue weighted by atomic mass is 9.99. The Morgan fingerprint density at radius 2 is 1.68 bits per heavy atom. The molecule has 1 amide bonds. The molecule has 0 N–H and O–H groups in total. The number of ether oxygens (including phenoxy) is 1. The SMILES string of the molecule is COC(=O)C1=C(C)N(c2cccc(C(C)=O)c2)C(=O)/C1=C\c1cccc2ccccc12. The highest BCUT2D eigenvalue weighted by Crippen LogP contribution is 2.36. The summed E-state index contributed by atoms with van der Waals surface area (Å²) in [6, 6.07) is 20.5. The molecule has 0 spiro atoms. The minimum Gasteiger partial charge on any atom is -0.465 e. The summed E-state index contributed by atoms with van der Waals surface area (Å²) in [7, 11) is 1.29. The van der Waals surface area contributed by atoms with Crippen molar-refractivity contribution in [2.24, 2.45) is 0 Å². The Bertz CT molecular complexity index is 1290. The summed E-state index contributed by atoms with van der Waals surface area (Å²) in [4.78, 5) is 39.4. The second kappa shape index (κ2) is 8.03. The van der Waals surface area contributed by atoms with Crippen molar-refractivity contribution in [2.75, 3.05) is 12.0 Å². The highest BCUT2D eigenvalue weighted by molar-refractivity contribution is 6.24. The van der Waals surface area contributed by atoms with Crippen LogP contribution in [0.15, 0.2) is 83.6 Å². The Balaban J connectivity index is 1.90. The highest BCUT2D eigenvalue weighted by atomic mass is 16.5. The first-order valence-corrected chi connectivity index (χ1v) is 9.87. The third-order valence-corrected chi connectivity index (χ3v) is 5.42. The molecule has 0 aromatic heterocycles. The number of fused-ring (bicyclic) bond motifs is 1. The number of carbonyl (C=O) groups excluding carboxylic acids is 3. The van der Waals surface area contributed by atoms with Crippen LogP contribution in [0.25, 0.3) is 16.8 Å². The summed E-state index contributed by atoms with van der Waals surface area (Å²) >= 11 is 0. The minimum absolute atomic E-state index is 0.102. The zero-order valence-electron chi connectivity index (χ0n) is 17.5. The second-order valence-electron chi connectivity index (χ2n) is 7.33. The van der Waals surface area contributed by atoms with Crippen LogP contribution in [-0.4, -0.2) is 24.8 Å². The fraction of sp³-hybridized carbons (Fsp3) is 0.115. The molecule has 5 nitrogen and oxygen atoms in total. The topological polar surface area (TPSA) is 63.7 Å². The van der Waals surface area contributed by atoms with Gasteiger partial charge in [-0.25, -0.2) is 4.79 Å². The van der Waals surface area contributed by atoms with E-state index in [1.54, 1.807) is 37.3 Å². The molecule has 0 bridgehead atoms. The molecule has 0 saturated heterocycles. The smallest absolute Gasteiger partial charge is 0.340 e. The van der Waals surface area contributed by atoms with Crippen LogP contribution in [-0.2, 0) is 14.3 Å². The number of ketones is 1. The predicted octanol–water partition coefficient (Wildman–Crippen LogP) is 4.92. The predicted molar refractivity (Wildman–Crippen MR) is 121 cm³/mol. The molecule has 3 aromatic carbocycles. The quantitative estimate of drug-likeness (QED) is 0.347. The van der Waals surface area contributed by atoms with Crippen LogP contribution in [0.2, 0.25) is 0 Å². The fourth-order valence-corrected chi connectivity index (χ4v) is 3.89. The van der Waals surface area contributed by atoms with Crippen molar-refractivity contribution in [1.82, 2.24) is 0 Å². The third-order valence-electron chi connectivity index (χ3n) is 5.42. The number of anilines is 1. The molecular formula is C26H21NO4. The number of benzene rings is 3. The van der Waals surface area contributed by atoms with E-state index in [0.29, 0.717) is 16.9 Å². The van der Waals surface area contributed by atoms with Gasteiger partial charge in [0.15, 0.2) is 5.78 Å². The number of carbonyl (C=O) groups is 3. The number of allylic oxidation sites excluding steroid dienone is 1. The van der Waals surface area contributed by atoms with Crippen molar-refractivity contribution in [3.63, 3.8) is 0 Å². The maximum absolute atomic E-state index is 13.5. The van der Waals surface area contributed by atoms with E-state index in [2.05, 4.69) is 0 Å². The molecule has 0 atom stereocenters. The summed E-state index contributed by atoms with van der Waals surface area (Å²) in [5, 5.41) is 2.01. The molecule has 0 saturated carbocycles. The van der Waals surface area contributed by atoms with Crippen LogP contribution in [0.3, 0.4) is 0 Å². The van der Waals surface area contributed by atoms with Crippen LogP contribution in [0.4, 0.5) is 5.69 Å². The van der Waals surface area contributed by atoms with Gasteiger partial charge in [-0.15, -0.1) is 0 Å². The molecule has 5 heteroatoms. The van der Waals surface area contributed by atoms with Gasteiger partial charge in [-0.2, -0.15) is 0 Å². The van der Waals surface area contributed by atoms with Gasteiger partial charge >= 0.3 is 5.97 Å². The number of hydrogen-bond acceptors (Lipinski definition) is 4. The molecule has 0 fully saturated rings. The summed E-state index contributed by atoms with van der Waals surface area (Å²) in [5.74, 6) is -1.02. The summed E-state index contributed by atoms with van der Waals surface area (Å²) < 4.78 is 4.98. The van der Waals surface area contributed by atoms with Crippen molar-refractivity contribution < 1.29 is 19.1 Å². The van der Waals surface area contributed by atoms with E-state index < -0.39 is 5.97 Å². The maximum Gasteiger partial charge on any atom is 0.340 e. The molecule has 3 aromatic rings. The van der Waals surface area contributed by atoms with Crippen LogP contribution < -0.4 is 4.90 Å². The number of methoxy groups -OCH3 is 1. The fourth-order valence-electron chi connectivity index (χ4n) is 3.89. The van der Waals surface area contributed by atoms with Crippen LogP contribution >= 0.6 is 0 Å². The minimum atomic E-state index is -0.581. The normalized spacial score (nSPS) is 15.1. The van der Waals surface area contributed by atoms with Crippen molar-refractivity contribution in [1.29, 1.82) is 0 Å². The lowest BCUT2D eigenvalue weighted by molar-refractivity contribution is -0.136. The summed E-state index contributed by atoms with van der Waals surface area (Å²) in [5.41, 5.74) is 2.78. The van der Waals surface area contributed by atoms with E-state index in [1.807, 2.05) is 42.5 Å². The van der Waals surface area contributed by atoms with Crippen LogP contribution in [0, 0.1) is 0 Å². The van der Waals surface area contributed by atoms with Crippen molar-refractivity contribution in [3.05, 3.63) is 94.7 Å². The number of rotatable bonds is 4. The Hall–Kier alpha value is -3.99. The van der Waals surface area contributed by atoms with E-state index >= 15 is 0 Å². The van der Waals surface area contributed by atoms with E-state index in [-0.39, 0.29) is 22.8 Å². The molecular weight excluding hydrogens is 390 g/mol. The molecule has 4 rings (SSSR count). The average Bonchev–Trinajstić information content (AvgIpc) is 3.03.